The lowest BCUT2D eigenvalue weighted by Gasteiger charge is -2.15. The Morgan fingerprint density at radius 3 is 2.13 bits per heavy atom. The minimum Gasteiger partial charge on any atom is -0.345 e. The number of anilines is 1. The predicted molar refractivity (Wildman–Crippen MR) is 145 cm³/mol. The normalized spacial score (nSPS) is 12.2. The van der Waals surface area contributed by atoms with Crippen LogP contribution in [0.2, 0.25) is 5.02 Å². The predicted octanol–water partition coefficient (Wildman–Crippen LogP) is 7.64. The Labute approximate surface area is 256 Å². The van der Waals surface area contributed by atoms with Crippen molar-refractivity contribution in [3.63, 3.8) is 0 Å². The quantitative estimate of drug-likeness (QED) is 0.148. The van der Waals surface area contributed by atoms with Gasteiger partial charge in [-0.1, -0.05) is 41.6 Å². The molecular formula is C27H17ClF9N5O2S. The Morgan fingerprint density at radius 2 is 1.47 bits per heavy atom. The Morgan fingerprint density at radius 1 is 0.800 bits per heavy atom. The number of hydrogen-bond acceptors (Lipinski definition) is 5. The molecule has 7 nitrogen and oxygen atoms in total. The van der Waals surface area contributed by atoms with E-state index in [1.165, 1.54) is 12.1 Å². The van der Waals surface area contributed by atoms with Gasteiger partial charge in [0.2, 0.25) is 5.91 Å². The molecule has 0 unspecified atom stereocenters. The van der Waals surface area contributed by atoms with Crippen LogP contribution in [0.25, 0.3) is 5.69 Å². The third-order valence-electron chi connectivity index (χ3n) is 5.92. The number of carbonyl (C=O) groups is 2. The molecule has 0 radical (unpaired) electrons. The van der Waals surface area contributed by atoms with E-state index in [0.717, 1.165) is 41.0 Å². The van der Waals surface area contributed by atoms with E-state index in [-0.39, 0.29) is 27.4 Å². The summed E-state index contributed by atoms with van der Waals surface area (Å²) in [4.78, 5) is 25.3. The van der Waals surface area contributed by atoms with Crippen LogP contribution >= 0.6 is 23.4 Å². The molecule has 4 aromatic rings. The van der Waals surface area contributed by atoms with Gasteiger partial charge in [0.25, 0.3) is 5.91 Å². The fraction of sp³-hybridized carbons (Fsp3) is 0.185. The summed E-state index contributed by atoms with van der Waals surface area (Å²) in [5.74, 6) is -2.77. The molecule has 1 aromatic heterocycles. The summed E-state index contributed by atoms with van der Waals surface area (Å²) in [7, 11) is 0. The number of aromatic nitrogens is 3. The summed E-state index contributed by atoms with van der Waals surface area (Å²) in [5, 5.41) is 11.8. The van der Waals surface area contributed by atoms with Crippen LogP contribution < -0.4 is 10.6 Å². The van der Waals surface area contributed by atoms with Gasteiger partial charge >= 0.3 is 18.5 Å². The second-order valence-electron chi connectivity index (χ2n) is 9.04. The van der Waals surface area contributed by atoms with Crippen molar-refractivity contribution in [2.75, 3.05) is 11.1 Å². The average Bonchev–Trinajstić information content (AvgIpc) is 3.37. The minimum absolute atomic E-state index is 0.168. The zero-order chi connectivity index (χ0) is 33.2. The van der Waals surface area contributed by atoms with E-state index < -0.39 is 64.9 Å². The molecule has 4 rings (SSSR count). The van der Waals surface area contributed by atoms with E-state index in [0.29, 0.717) is 30.0 Å². The standard InChI is InChI=1S/C27H17ClF9N5O2S/c28-19-9-8-15(26(32,33)34)11-20(19)39-22(43)13-45-24-41-40-21(42(24)16-5-3-4-14(10-16)25(29,30)31)12-38-23(44)17-6-1-2-7-18(17)27(35,36)37/h1-11H,12-13H2,(H,38,44)(H,39,43). The minimum atomic E-state index is -4.85. The number of rotatable bonds is 8. The summed E-state index contributed by atoms with van der Waals surface area (Å²) in [5.41, 5.74) is -4.60. The molecule has 0 bridgehead atoms. The Kier molecular flexibility index (Phi) is 9.72. The highest BCUT2D eigenvalue weighted by Gasteiger charge is 2.35. The topological polar surface area (TPSA) is 88.9 Å². The van der Waals surface area contributed by atoms with E-state index in [2.05, 4.69) is 20.8 Å². The van der Waals surface area contributed by atoms with E-state index in [4.69, 9.17) is 11.6 Å². The van der Waals surface area contributed by atoms with Gasteiger partial charge < -0.3 is 10.6 Å². The molecule has 0 spiro atoms. The Balaban J connectivity index is 1.60. The van der Waals surface area contributed by atoms with Crippen LogP contribution in [0, 0.1) is 0 Å². The zero-order valence-corrected chi connectivity index (χ0v) is 23.7. The lowest BCUT2D eigenvalue weighted by atomic mass is 10.1. The first-order chi connectivity index (χ1) is 20.9. The first-order valence-electron chi connectivity index (χ1n) is 12.3. The van der Waals surface area contributed by atoms with Gasteiger partial charge in [-0.2, -0.15) is 39.5 Å². The van der Waals surface area contributed by atoms with Crippen molar-refractivity contribution < 1.29 is 49.1 Å². The summed E-state index contributed by atoms with van der Waals surface area (Å²) >= 11 is 6.53. The first kappa shape index (κ1) is 33.6. The summed E-state index contributed by atoms with van der Waals surface area (Å²) in [6.07, 6.45) is -14.3. The zero-order valence-electron chi connectivity index (χ0n) is 22.1. The highest BCUT2D eigenvalue weighted by Crippen LogP contribution is 2.35. The molecule has 1 heterocycles. The van der Waals surface area contributed by atoms with Gasteiger partial charge in [0.15, 0.2) is 11.0 Å². The van der Waals surface area contributed by atoms with Crippen LogP contribution in [0.3, 0.4) is 0 Å². The van der Waals surface area contributed by atoms with Crippen LogP contribution in [0.5, 0.6) is 0 Å². The largest absolute Gasteiger partial charge is 0.417 e. The first-order valence-corrected chi connectivity index (χ1v) is 13.7. The smallest absolute Gasteiger partial charge is 0.345 e. The summed E-state index contributed by atoms with van der Waals surface area (Å²) in [6.45, 7) is -0.596. The van der Waals surface area contributed by atoms with Crippen molar-refractivity contribution >= 4 is 40.9 Å². The summed E-state index contributed by atoms with van der Waals surface area (Å²) < 4.78 is 121. The number of carbonyl (C=O) groups excluding carboxylic acids is 2. The molecule has 45 heavy (non-hydrogen) atoms. The molecule has 0 atom stereocenters. The van der Waals surface area contributed by atoms with Crippen molar-refractivity contribution in [3.05, 3.63) is 99.8 Å². The number of benzene rings is 3. The van der Waals surface area contributed by atoms with Gasteiger partial charge in [0.1, 0.15) is 0 Å². The highest BCUT2D eigenvalue weighted by atomic mass is 35.5. The number of amides is 2. The van der Waals surface area contributed by atoms with Gasteiger partial charge in [-0.15, -0.1) is 10.2 Å². The van der Waals surface area contributed by atoms with E-state index in [1.807, 2.05) is 0 Å². The lowest BCUT2D eigenvalue weighted by molar-refractivity contribution is -0.138. The number of thioether (sulfide) groups is 1. The van der Waals surface area contributed by atoms with Gasteiger partial charge in [-0.05, 0) is 48.5 Å². The molecule has 2 amide bonds. The Bertz CT molecular complexity index is 1720. The van der Waals surface area contributed by atoms with Crippen molar-refractivity contribution in [2.24, 2.45) is 0 Å². The van der Waals surface area contributed by atoms with Crippen LogP contribution in [-0.2, 0) is 29.9 Å². The van der Waals surface area contributed by atoms with Crippen molar-refractivity contribution in [1.82, 2.24) is 20.1 Å². The average molecular weight is 682 g/mol. The van der Waals surface area contributed by atoms with Gasteiger partial charge in [0, 0.05) is 0 Å². The molecule has 2 N–H and O–H groups in total. The third kappa shape index (κ3) is 8.27. The maximum Gasteiger partial charge on any atom is 0.417 e. The van der Waals surface area contributed by atoms with Crippen LogP contribution in [0.15, 0.2) is 71.9 Å². The lowest BCUT2D eigenvalue weighted by Crippen LogP contribution is -2.27. The number of nitrogens with zero attached hydrogens (tertiary/aromatic N) is 3. The number of halogens is 10. The SMILES string of the molecule is O=C(CSc1nnc(CNC(=O)c2ccccc2C(F)(F)F)n1-c1cccc(C(F)(F)F)c1)Nc1cc(C(F)(F)F)ccc1Cl. The molecule has 0 saturated carbocycles. The maximum atomic E-state index is 13.5. The molecule has 238 valence electrons. The molecule has 0 aliphatic rings. The van der Waals surface area contributed by atoms with Crippen molar-refractivity contribution in [2.45, 2.75) is 30.2 Å². The fourth-order valence-electron chi connectivity index (χ4n) is 3.89. The monoisotopic (exact) mass is 681 g/mol. The maximum absolute atomic E-state index is 13.5. The van der Waals surface area contributed by atoms with Crippen LogP contribution in [0.4, 0.5) is 45.2 Å². The van der Waals surface area contributed by atoms with E-state index in [1.54, 1.807) is 0 Å². The second-order valence-corrected chi connectivity index (χ2v) is 10.4. The molecule has 0 fully saturated rings. The number of nitrogens with one attached hydrogen (secondary N) is 2. The van der Waals surface area contributed by atoms with Crippen LogP contribution in [0.1, 0.15) is 32.9 Å². The van der Waals surface area contributed by atoms with E-state index >= 15 is 0 Å². The molecule has 18 heteroatoms. The molecule has 3 aromatic carbocycles. The molecular weight excluding hydrogens is 665 g/mol. The van der Waals surface area contributed by atoms with Gasteiger partial charge in [-0.3, -0.25) is 14.2 Å². The van der Waals surface area contributed by atoms with Crippen LogP contribution in [-0.4, -0.2) is 32.3 Å². The molecule has 0 saturated heterocycles. The fourth-order valence-corrected chi connectivity index (χ4v) is 4.82. The van der Waals surface area contributed by atoms with Gasteiger partial charge in [0.05, 0.1) is 50.9 Å². The van der Waals surface area contributed by atoms with Crippen molar-refractivity contribution in [3.8, 4) is 5.69 Å². The molecule has 0 aliphatic heterocycles. The third-order valence-corrected chi connectivity index (χ3v) is 7.17. The molecule has 0 aliphatic carbocycles. The van der Waals surface area contributed by atoms with Gasteiger partial charge in [-0.25, -0.2) is 0 Å². The highest BCUT2D eigenvalue weighted by molar-refractivity contribution is 7.99. The second kappa shape index (κ2) is 13.0. The van der Waals surface area contributed by atoms with Crippen molar-refractivity contribution in [1.29, 1.82) is 0 Å². The summed E-state index contributed by atoms with van der Waals surface area (Å²) in [6, 6.07) is 10.0. The van der Waals surface area contributed by atoms with E-state index in [9.17, 15) is 49.1 Å². The number of alkyl halides is 9. The Hall–Kier alpha value is -4.25. The number of hydrogen-bond donors (Lipinski definition) is 2.